The van der Waals surface area contributed by atoms with Gasteiger partial charge >= 0.3 is 6.09 Å². The Kier molecular flexibility index (Phi) is 9.07. The van der Waals surface area contributed by atoms with Gasteiger partial charge in [-0.15, -0.1) is 0 Å². The lowest BCUT2D eigenvalue weighted by Gasteiger charge is -2.44. The molecule has 1 fully saturated rings. The van der Waals surface area contributed by atoms with Crippen molar-refractivity contribution in [1.82, 2.24) is 10.2 Å². The highest BCUT2D eigenvalue weighted by Crippen LogP contribution is 2.36. The van der Waals surface area contributed by atoms with Crippen LogP contribution in [0.5, 0.6) is 5.75 Å². The molecule has 8 nitrogen and oxygen atoms in total. The molecule has 2 unspecified atom stereocenters. The average molecular weight is 524 g/mol. The SMILES string of the molecule is Cc1cccc(C)c1NC(=O)C(c1cccc(O)c1)N(C(=O)C(NC(=O)OC(C)(C)C)C(C)C)C1CCC1. The normalized spacial score (nSPS) is 15.3. The number of hydrogen-bond donors (Lipinski definition) is 3. The van der Waals surface area contributed by atoms with E-state index in [2.05, 4.69) is 10.6 Å². The second kappa shape index (κ2) is 11.9. The number of rotatable bonds is 8. The number of nitrogens with one attached hydrogen (secondary N) is 2. The van der Waals surface area contributed by atoms with Gasteiger partial charge in [0.05, 0.1) is 0 Å². The van der Waals surface area contributed by atoms with Crippen LogP contribution >= 0.6 is 0 Å². The van der Waals surface area contributed by atoms with Crippen LogP contribution in [-0.4, -0.2) is 45.6 Å². The highest BCUT2D eigenvalue weighted by molar-refractivity contribution is 6.00. The molecule has 2 aromatic carbocycles. The molecule has 1 aliphatic carbocycles. The molecule has 38 heavy (non-hydrogen) atoms. The van der Waals surface area contributed by atoms with E-state index < -0.39 is 23.8 Å². The first-order valence-electron chi connectivity index (χ1n) is 13.3. The number of ether oxygens (including phenoxy) is 1. The fourth-order valence-electron chi connectivity index (χ4n) is 4.63. The Hall–Kier alpha value is -3.55. The van der Waals surface area contributed by atoms with Gasteiger partial charge in [-0.1, -0.05) is 44.2 Å². The second-order valence-electron chi connectivity index (χ2n) is 11.5. The van der Waals surface area contributed by atoms with Crippen LogP contribution < -0.4 is 10.6 Å². The number of carbonyl (C=O) groups excluding carboxylic acids is 3. The number of carbonyl (C=O) groups is 3. The summed E-state index contributed by atoms with van der Waals surface area (Å²) in [5.74, 6) is -1.00. The first kappa shape index (κ1) is 29.0. The molecular weight excluding hydrogens is 482 g/mol. The van der Waals surface area contributed by atoms with Gasteiger partial charge in [-0.3, -0.25) is 9.59 Å². The summed E-state index contributed by atoms with van der Waals surface area (Å²) in [6, 6.07) is 10.1. The van der Waals surface area contributed by atoms with Gasteiger partial charge in [-0.05, 0) is 88.6 Å². The van der Waals surface area contributed by atoms with Crippen molar-refractivity contribution in [3.63, 3.8) is 0 Å². The molecule has 2 aromatic rings. The molecule has 3 amide bonds. The van der Waals surface area contributed by atoms with E-state index in [4.69, 9.17) is 4.74 Å². The zero-order chi connectivity index (χ0) is 28.2. The third-order valence-electron chi connectivity index (χ3n) is 6.77. The Morgan fingerprint density at radius 2 is 1.63 bits per heavy atom. The molecule has 0 bridgehead atoms. The Morgan fingerprint density at radius 3 is 2.13 bits per heavy atom. The van der Waals surface area contributed by atoms with Crippen LogP contribution in [0.3, 0.4) is 0 Å². The van der Waals surface area contributed by atoms with Crippen LogP contribution in [0.2, 0.25) is 0 Å². The van der Waals surface area contributed by atoms with Gasteiger partial charge in [-0.2, -0.15) is 0 Å². The summed E-state index contributed by atoms with van der Waals surface area (Å²) in [5.41, 5.74) is 2.27. The van der Waals surface area contributed by atoms with Crippen molar-refractivity contribution < 1.29 is 24.2 Å². The molecule has 0 heterocycles. The molecule has 0 aliphatic heterocycles. The Morgan fingerprint density at radius 1 is 1.03 bits per heavy atom. The maximum absolute atomic E-state index is 14.2. The summed E-state index contributed by atoms with van der Waals surface area (Å²) >= 11 is 0. The number of anilines is 1. The first-order valence-corrected chi connectivity index (χ1v) is 13.3. The summed E-state index contributed by atoms with van der Waals surface area (Å²) in [4.78, 5) is 42.5. The predicted octanol–water partition coefficient (Wildman–Crippen LogP) is 5.62. The number of amides is 3. The molecule has 1 aliphatic rings. The summed E-state index contributed by atoms with van der Waals surface area (Å²) in [7, 11) is 0. The molecule has 1 saturated carbocycles. The van der Waals surface area contributed by atoms with E-state index in [0.717, 1.165) is 30.4 Å². The summed E-state index contributed by atoms with van der Waals surface area (Å²) in [5, 5.41) is 16.1. The first-order chi connectivity index (χ1) is 17.8. The maximum Gasteiger partial charge on any atom is 0.408 e. The lowest BCUT2D eigenvalue weighted by atomic mass is 9.87. The quantitative estimate of drug-likeness (QED) is 0.416. The van der Waals surface area contributed by atoms with Crippen LogP contribution in [0.1, 0.15) is 76.6 Å². The maximum atomic E-state index is 14.2. The molecular formula is C30H41N3O5. The highest BCUT2D eigenvalue weighted by Gasteiger charge is 2.43. The number of benzene rings is 2. The van der Waals surface area contributed by atoms with Crippen molar-refractivity contribution in [2.24, 2.45) is 5.92 Å². The molecule has 3 rings (SSSR count). The fraction of sp³-hybridized carbons (Fsp3) is 0.500. The number of phenolic OH excluding ortho intramolecular Hbond substituents is 1. The van der Waals surface area contributed by atoms with Gasteiger partial charge in [0.25, 0.3) is 5.91 Å². The Bertz CT molecular complexity index is 1150. The Balaban J connectivity index is 2.05. The molecule has 206 valence electrons. The van der Waals surface area contributed by atoms with Crippen molar-refractivity contribution in [1.29, 1.82) is 0 Å². The van der Waals surface area contributed by atoms with Gasteiger partial charge in [0.2, 0.25) is 5.91 Å². The molecule has 0 radical (unpaired) electrons. The summed E-state index contributed by atoms with van der Waals surface area (Å²) in [6.45, 7) is 12.8. The smallest absolute Gasteiger partial charge is 0.408 e. The van der Waals surface area contributed by atoms with Gasteiger partial charge < -0.3 is 25.4 Å². The molecule has 3 N–H and O–H groups in total. The van der Waals surface area contributed by atoms with Crippen molar-refractivity contribution >= 4 is 23.6 Å². The topological polar surface area (TPSA) is 108 Å². The van der Waals surface area contributed by atoms with Gasteiger partial charge in [0.1, 0.15) is 23.4 Å². The number of hydrogen-bond acceptors (Lipinski definition) is 5. The van der Waals surface area contributed by atoms with Crippen LogP contribution in [0.25, 0.3) is 0 Å². The lowest BCUT2D eigenvalue weighted by Crippen LogP contribution is -2.58. The number of para-hydroxylation sites is 1. The van der Waals surface area contributed by atoms with E-state index in [9.17, 15) is 19.5 Å². The number of aromatic hydroxyl groups is 1. The summed E-state index contributed by atoms with van der Waals surface area (Å²) < 4.78 is 5.43. The number of phenols is 1. The van der Waals surface area contributed by atoms with E-state index in [0.29, 0.717) is 11.3 Å². The second-order valence-corrected chi connectivity index (χ2v) is 11.5. The van der Waals surface area contributed by atoms with Crippen molar-refractivity contribution in [3.8, 4) is 5.75 Å². The van der Waals surface area contributed by atoms with Crippen molar-refractivity contribution in [2.75, 3.05) is 5.32 Å². The predicted molar refractivity (Wildman–Crippen MR) is 148 cm³/mol. The fourth-order valence-corrected chi connectivity index (χ4v) is 4.63. The van der Waals surface area contributed by atoms with E-state index in [1.807, 2.05) is 45.9 Å². The van der Waals surface area contributed by atoms with Crippen LogP contribution in [0.15, 0.2) is 42.5 Å². The molecule has 0 spiro atoms. The minimum atomic E-state index is -1.01. The van der Waals surface area contributed by atoms with Crippen molar-refractivity contribution in [3.05, 3.63) is 59.2 Å². The summed E-state index contributed by atoms with van der Waals surface area (Å²) in [6.07, 6.45) is 1.74. The van der Waals surface area contributed by atoms with Crippen LogP contribution in [-0.2, 0) is 14.3 Å². The standard InChI is InChI=1S/C30H41N3O5/c1-18(2)24(32-29(37)38-30(5,6)7)28(36)33(22-14-10-15-22)26(21-13-9-16-23(34)17-21)27(35)31-25-19(3)11-8-12-20(25)4/h8-9,11-13,16-18,22,24,26,34H,10,14-15H2,1-7H3,(H,31,35)(H,32,37). The van der Waals surface area contributed by atoms with Gasteiger partial charge in [-0.25, -0.2) is 4.79 Å². The third-order valence-corrected chi connectivity index (χ3v) is 6.77. The van der Waals surface area contributed by atoms with Crippen molar-refractivity contribution in [2.45, 2.75) is 91.5 Å². The Labute approximate surface area is 225 Å². The van der Waals surface area contributed by atoms with E-state index in [1.165, 1.54) is 12.1 Å². The number of nitrogens with zero attached hydrogens (tertiary/aromatic N) is 1. The van der Waals surface area contributed by atoms with E-state index >= 15 is 0 Å². The zero-order valence-electron chi connectivity index (χ0n) is 23.5. The highest BCUT2D eigenvalue weighted by atomic mass is 16.6. The molecule has 8 heteroatoms. The average Bonchev–Trinajstić information content (AvgIpc) is 2.76. The molecule has 2 atom stereocenters. The molecule has 0 aromatic heterocycles. The minimum absolute atomic E-state index is 0.000621. The molecule has 0 saturated heterocycles. The minimum Gasteiger partial charge on any atom is -0.508 e. The zero-order valence-corrected chi connectivity index (χ0v) is 23.5. The number of alkyl carbamates (subject to hydrolysis) is 1. The van der Waals surface area contributed by atoms with Gasteiger partial charge in [0, 0.05) is 11.7 Å². The largest absolute Gasteiger partial charge is 0.508 e. The lowest BCUT2D eigenvalue weighted by molar-refractivity contribution is -0.146. The number of aryl methyl sites for hydroxylation is 2. The van der Waals surface area contributed by atoms with Gasteiger partial charge in [0.15, 0.2) is 0 Å². The third kappa shape index (κ3) is 7.05. The monoisotopic (exact) mass is 523 g/mol. The van der Waals surface area contributed by atoms with E-state index in [1.54, 1.807) is 37.8 Å². The van der Waals surface area contributed by atoms with E-state index in [-0.39, 0.29) is 29.5 Å². The van der Waals surface area contributed by atoms with Crippen LogP contribution in [0.4, 0.5) is 10.5 Å². The van der Waals surface area contributed by atoms with Crippen LogP contribution in [0, 0.1) is 19.8 Å².